The summed E-state index contributed by atoms with van der Waals surface area (Å²) in [5.41, 5.74) is 6.34. The summed E-state index contributed by atoms with van der Waals surface area (Å²) in [6.45, 7) is 12.7. The number of esters is 1. The normalized spacial score (nSPS) is 11.5. The van der Waals surface area contributed by atoms with Crippen LogP contribution in [-0.4, -0.2) is 17.4 Å². The molecule has 0 heterocycles. The van der Waals surface area contributed by atoms with E-state index in [1.165, 1.54) is 0 Å². The summed E-state index contributed by atoms with van der Waals surface area (Å²) in [6, 6.07) is 21.6. The second-order valence-corrected chi connectivity index (χ2v) is 7.76. The van der Waals surface area contributed by atoms with Crippen molar-refractivity contribution in [1.82, 2.24) is 0 Å². The lowest BCUT2D eigenvalue weighted by Gasteiger charge is -2.14. The number of aliphatic hydroxyl groups excluding tert-OH is 1. The molecule has 0 aliphatic rings. The van der Waals surface area contributed by atoms with Crippen LogP contribution in [0.4, 0.5) is 0 Å². The van der Waals surface area contributed by atoms with Gasteiger partial charge in [0.2, 0.25) is 6.29 Å². The highest BCUT2D eigenvalue weighted by molar-refractivity contribution is 5.89. The van der Waals surface area contributed by atoms with Crippen molar-refractivity contribution in [2.24, 2.45) is 0 Å². The predicted molar refractivity (Wildman–Crippen MR) is 129 cm³/mol. The maximum Gasteiger partial charge on any atom is 0.338 e. The lowest BCUT2D eigenvalue weighted by molar-refractivity contribution is -0.130. The topological polar surface area (TPSA) is 55.8 Å². The number of ether oxygens (including phenoxy) is 2. The van der Waals surface area contributed by atoms with E-state index < -0.39 is 12.3 Å². The molecule has 0 fully saturated rings. The Morgan fingerprint density at radius 2 is 1.41 bits per heavy atom. The van der Waals surface area contributed by atoms with Gasteiger partial charge in [-0.3, -0.25) is 0 Å². The zero-order valence-electron chi connectivity index (χ0n) is 18.7. The minimum Gasteiger partial charge on any atom is -0.461 e. The van der Waals surface area contributed by atoms with Crippen LogP contribution < -0.4 is 9.47 Å². The number of hydrogen-bond acceptors (Lipinski definition) is 4. The molecule has 3 aromatic rings. The van der Waals surface area contributed by atoms with Crippen LogP contribution in [0, 0.1) is 0 Å². The number of carbonyl (C=O) groups is 1. The number of aryl methyl sites for hydroxylation is 1. The van der Waals surface area contributed by atoms with Crippen molar-refractivity contribution >= 4 is 5.97 Å². The summed E-state index contributed by atoms with van der Waals surface area (Å²) in [7, 11) is 0. The lowest BCUT2D eigenvalue weighted by atomic mass is 9.95. The number of hydrogen-bond donors (Lipinski definition) is 1. The van der Waals surface area contributed by atoms with Gasteiger partial charge in [-0.2, -0.15) is 0 Å². The highest BCUT2D eigenvalue weighted by atomic mass is 16.6. The van der Waals surface area contributed by atoms with Gasteiger partial charge < -0.3 is 14.6 Å². The van der Waals surface area contributed by atoms with Crippen LogP contribution >= 0.6 is 0 Å². The van der Waals surface area contributed by atoms with E-state index >= 15 is 0 Å². The largest absolute Gasteiger partial charge is 0.461 e. The van der Waals surface area contributed by atoms with Gasteiger partial charge >= 0.3 is 5.97 Å². The molecule has 164 valence electrons. The summed E-state index contributed by atoms with van der Waals surface area (Å²) in [5.74, 6) is 0.685. The minimum atomic E-state index is -1.01. The van der Waals surface area contributed by atoms with Gasteiger partial charge in [-0.05, 0) is 77.9 Å². The third-order valence-corrected chi connectivity index (χ3v) is 5.07. The number of benzene rings is 3. The number of carbonyl (C=O) groups excluding carboxylic acids is 1. The summed E-state index contributed by atoms with van der Waals surface area (Å²) in [5, 5.41) is 9.78. The molecule has 0 saturated carbocycles. The van der Waals surface area contributed by atoms with E-state index in [1.54, 1.807) is 19.9 Å². The molecular formula is C28H28O4. The highest BCUT2D eigenvalue weighted by Gasteiger charge is 2.10. The molecule has 0 bridgehead atoms. The van der Waals surface area contributed by atoms with E-state index in [0.29, 0.717) is 22.6 Å². The number of aliphatic hydroxyl groups is 1. The van der Waals surface area contributed by atoms with Gasteiger partial charge in [-0.15, -0.1) is 0 Å². The summed E-state index contributed by atoms with van der Waals surface area (Å²) < 4.78 is 10.8. The van der Waals surface area contributed by atoms with E-state index in [1.807, 2.05) is 36.4 Å². The van der Waals surface area contributed by atoms with Crippen molar-refractivity contribution in [1.29, 1.82) is 0 Å². The summed E-state index contributed by atoms with van der Waals surface area (Å²) in [6.07, 6.45) is -0.198. The maximum atomic E-state index is 11.8. The molecule has 0 saturated heterocycles. The Morgan fingerprint density at radius 1 is 0.875 bits per heavy atom. The standard InChI is InChI=1S/C28H28O4/c1-6-20-17-25(32-28(30)19(4)5)15-16-26(20)23-9-7-21(8-10-23)22-11-13-24(14-12-22)31-27(29)18(2)3/h7-17,27,29H,2,4,6H2,1,3,5H3/t27-/m0/s1. The van der Waals surface area contributed by atoms with E-state index in [-0.39, 0.29) is 0 Å². The number of rotatable bonds is 8. The first-order chi connectivity index (χ1) is 15.3. The van der Waals surface area contributed by atoms with Crippen LogP contribution in [0.25, 0.3) is 22.3 Å². The zero-order chi connectivity index (χ0) is 23.3. The van der Waals surface area contributed by atoms with Crippen LogP contribution in [0.5, 0.6) is 11.5 Å². The van der Waals surface area contributed by atoms with Crippen LogP contribution in [0.1, 0.15) is 26.3 Å². The predicted octanol–water partition coefficient (Wildman–Crippen LogP) is 6.34. The van der Waals surface area contributed by atoms with E-state index in [9.17, 15) is 9.90 Å². The Labute approximate surface area is 189 Å². The highest BCUT2D eigenvalue weighted by Crippen LogP contribution is 2.31. The monoisotopic (exact) mass is 428 g/mol. The van der Waals surface area contributed by atoms with E-state index in [2.05, 4.69) is 44.3 Å². The van der Waals surface area contributed by atoms with E-state index in [0.717, 1.165) is 34.2 Å². The first-order valence-corrected chi connectivity index (χ1v) is 10.5. The lowest BCUT2D eigenvalue weighted by Crippen LogP contribution is -2.15. The molecule has 4 heteroatoms. The Hall–Kier alpha value is -3.63. The van der Waals surface area contributed by atoms with E-state index in [4.69, 9.17) is 9.47 Å². The van der Waals surface area contributed by atoms with Gasteiger partial charge in [0, 0.05) is 5.57 Å². The molecule has 0 amide bonds. The van der Waals surface area contributed by atoms with Gasteiger partial charge in [0.1, 0.15) is 11.5 Å². The molecule has 0 unspecified atom stereocenters. The molecule has 4 nitrogen and oxygen atoms in total. The van der Waals surface area contributed by atoms with Crippen LogP contribution in [-0.2, 0) is 11.2 Å². The molecule has 0 aliphatic heterocycles. The van der Waals surface area contributed by atoms with Crippen molar-refractivity contribution in [3.05, 3.63) is 96.6 Å². The average Bonchev–Trinajstić information content (AvgIpc) is 2.79. The third kappa shape index (κ3) is 5.54. The van der Waals surface area contributed by atoms with Crippen molar-refractivity contribution in [2.45, 2.75) is 33.5 Å². The molecule has 3 rings (SSSR count). The molecule has 0 aliphatic carbocycles. The van der Waals surface area contributed by atoms with Gasteiger partial charge in [0.15, 0.2) is 0 Å². The first kappa shape index (κ1) is 23.0. The van der Waals surface area contributed by atoms with Crippen LogP contribution in [0.2, 0.25) is 0 Å². The fourth-order valence-corrected chi connectivity index (χ4v) is 3.20. The molecule has 0 spiro atoms. The van der Waals surface area contributed by atoms with Crippen molar-refractivity contribution in [3.63, 3.8) is 0 Å². The second kappa shape index (κ2) is 10.1. The molecule has 3 aromatic carbocycles. The Balaban J connectivity index is 1.78. The van der Waals surface area contributed by atoms with Crippen LogP contribution in [0.15, 0.2) is 91.0 Å². The van der Waals surface area contributed by atoms with Gasteiger partial charge in [-0.1, -0.05) is 62.5 Å². The Kier molecular flexibility index (Phi) is 7.29. The fourth-order valence-electron chi connectivity index (χ4n) is 3.20. The van der Waals surface area contributed by atoms with Crippen molar-refractivity contribution in [2.75, 3.05) is 0 Å². The third-order valence-electron chi connectivity index (χ3n) is 5.07. The quantitative estimate of drug-likeness (QED) is 0.150. The van der Waals surface area contributed by atoms with Gasteiger partial charge in [-0.25, -0.2) is 4.79 Å². The molecule has 0 radical (unpaired) electrons. The molecule has 1 N–H and O–H groups in total. The minimum absolute atomic E-state index is 0.370. The van der Waals surface area contributed by atoms with Gasteiger partial charge in [0.25, 0.3) is 0 Å². The Morgan fingerprint density at radius 3 is 1.94 bits per heavy atom. The SMILES string of the molecule is C=C(C)C(=O)Oc1ccc(-c2ccc(-c3ccc(O[C@H](O)C(=C)C)cc3)cc2)c(CC)c1. The fraction of sp³-hybridized carbons (Fsp3) is 0.179. The molecule has 0 aromatic heterocycles. The summed E-state index contributed by atoms with van der Waals surface area (Å²) in [4.78, 5) is 11.8. The first-order valence-electron chi connectivity index (χ1n) is 10.5. The maximum absolute atomic E-state index is 11.8. The average molecular weight is 429 g/mol. The van der Waals surface area contributed by atoms with Crippen molar-refractivity contribution < 1.29 is 19.4 Å². The molecule has 1 atom stereocenters. The summed E-state index contributed by atoms with van der Waals surface area (Å²) >= 11 is 0. The zero-order valence-corrected chi connectivity index (χ0v) is 18.7. The molecular weight excluding hydrogens is 400 g/mol. The smallest absolute Gasteiger partial charge is 0.338 e. The van der Waals surface area contributed by atoms with Gasteiger partial charge in [0.05, 0.1) is 0 Å². The van der Waals surface area contributed by atoms with Crippen LogP contribution in [0.3, 0.4) is 0 Å². The van der Waals surface area contributed by atoms with Crippen molar-refractivity contribution in [3.8, 4) is 33.8 Å². The second-order valence-electron chi connectivity index (χ2n) is 7.76. The molecule has 32 heavy (non-hydrogen) atoms. The Bertz CT molecular complexity index is 1130.